The number of aldehydes is 1. The fourth-order valence-electron chi connectivity index (χ4n) is 3.06. The molecule has 3 rings (SSSR count). The molecule has 0 unspecified atom stereocenters. The molecule has 2 aromatic rings. The van der Waals surface area contributed by atoms with Gasteiger partial charge in [-0.05, 0) is 23.3 Å². The lowest BCUT2D eigenvalue weighted by Crippen LogP contribution is -2.38. The number of carbonyl (C=O) groups excluding carboxylic acids is 4. The van der Waals surface area contributed by atoms with Gasteiger partial charge in [-0.15, -0.1) is 0 Å². The van der Waals surface area contributed by atoms with Crippen LogP contribution in [0.1, 0.15) is 24.0 Å². The molecule has 0 aromatic heterocycles. The third-order valence-corrected chi connectivity index (χ3v) is 4.44. The summed E-state index contributed by atoms with van der Waals surface area (Å²) in [5, 5.41) is 4.78. The summed E-state index contributed by atoms with van der Waals surface area (Å²) in [6.07, 6.45) is 4.43. The van der Waals surface area contributed by atoms with Gasteiger partial charge in [-0.1, -0.05) is 48.6 Å². The zero-order valence-corrected chi connectivity index (χ0v) is 15.8. The first-order valence-corrected chi connectivity index (χ1v) is 9.26. The maximum atomic E-state index is 13.1. The zero-order chi connectivity index (χ0) is 20.6. The molecule has 3 amide bonds. The van der Waals surface area contributed by atoms with Crippen LogP contribution in [0, 0.1) is 0 Å². The number of amides is 3. The Morgan fingerprint density at radius 3 is 1.97 bits per heavy atom. The second-order valence-electron chi connectivity index (χ2n) is 6.43. The Kier molecular flexibility index (Phi) is 6.52. The second-order valence-corrected chi connectivity index (χ2v) is 6.43. The summed E-state index contributed by atoms with van der Waals surface area (Å²) in [6.45, 7) is -0.338. The molecule has 29 heavy (non-hydrogen) atoms. The first kappa shape index (κ1) is 20.0. The van der Waals surface area contributed by atoms with Gasteiger partial charge in [0.2, 0.25) is 17.7 Å². The molecule has 0 saturated carbocycles. The highest BCUT2D eigenvalue weighted by Gasteiger charge is 2.24. The number of para-hydroxylation sites is 2. The van der Waals surface area contributed by atoms with E-state index in [4.69, 9.17) is 0 Å². The highest BCUT2D eigenvalue weighted by Crippen LogP contribution is 2.36. The summed E-state index contributed by atoms with van der Waals surface area (Å²) in [4.78, 5) is 48.4. The minimum absolute atomic E-state index is 0.00947. The fraction of sp³-hybridized carbons (Fsp3) is 0.182. The van der Waals surface area contributed by atoms with Crippen LogP contribution in [0.15, 0.2) is 48.5 Å². The number of hydrogen-bond donors (Lipinski definition) is 2. The summed E-state index contributed by atoms with van der Waals surface area (Å²) < 4.78 is 0. The summed E-state index contributed by atoms with van der Waals surface area (Å²) in [5.74, 6) is -1.08. The van der Waals surface area contributed by atoms with E-state index in [0.29, 0.717) is 6.29 Å². The molecular formula is C22H21N3O4. The Bertz CT molecular complexity index is 919. The predicted octanol–water partition coefficient (Wildman–Crippen LogP) is 2.05. The van der Waals surface area contributed by atoms with Gasteiger partial charge in [-0.3, -0.25) is 19.3 Å². The van der Waals surface area contributed by atoms with Gasteiger partial charge in [0.05, 0.1) is 24.5 Å². The molecule has 0 radical (unpaired) electrons. The molecule has 0 saturated heterocycles. The number of anilines is 2. The minimum Gasteiger partial charge on any atom is -0.348 e. The van der Waals surface area contributed by atoms with Gasteiger partial charge in [-0.25, -0.2) is 0 Å². The smallest absolute Gasteiger partial charge is 0.239 e. The molecule has 2 aromatic carbocycles. The van der Waals surface area contributed by atoms with Crippen LogP contribution in [0.2, 0.25) is 0 Å². The first-order chi connectivity index (χ1) is 14.1. The van der Waals surface area contributed by atoms with Crippen LogP contribution in [-0.4, -0.2) is 37.1 Å². The zero-order valence-electron chi connectivity index (χ0n) is 15.8. The maximum Gasteiger partial charge on any atom is 0.239 e. The predicted molar refractivity (Wildman–Crippen MR) is 110 cm³/mol. The first-order valence-electron chi connectivity index (χ1n) is 9.26. The molecule has 0 aliphatic carbocycles. The average Bonchev–Trinajstić information content (AvgIpc) is 2.91. The number of nitrogens with one attached hydrogen (secondary N) is 2. The van der Waals surface area contributed by atoms with Gasteiger partial charge < -0.3 is 15.4 Å². The van der Waals surface area contributed by atoms with E-state index >= 15 is 0 Å². The largest absolute Gasteiger partial charge is 0.348 e. The van der Waals surface area contributed by atoms with Gasteiger partial charge in [0.1, 0.15) is 6.29 Å². The van der Waals surface area contributed by atoms with Gasteiger partial charge in [0.25, 0.3) is 0 Å². The van der Waals surface area contributed by atoms with Crippen LogP contribution in [0.5, 0.6) is 0 Å². The van der Waals surface area contributed by atoms with Crippen molar-refractivity contribution in [1.82, 2.24) is 10.6 Å². The monoisotopic (exact) mass is 391 g/mol. The van der Waals surface area contributed by atoms with Gasteiger partial charge in [0, 0.05) is 12.8 Å². The van der Waals surface area contributed by atoms with Gasteiger partial charge in [0.15, 0.2) is 0 Å². The van der Waals surface area contributed by atoms with Crippen molar-refractivity contribution >= 4 is 47.5 Å². The number of hydrogen-bond acceptors (Lipinski definition) is 4. The van der Waals surface area contributed by atoms with Crippen LogP contribution in [0.4, 0.5) is 11.4 Å². The molecular weight excluding hydrogens is 370 g/mol. The normalized spacial score (nSPS) is 11.7. The highest BCUT2D eigenvalue weighted by atomic mass is 16.2. The van der Waals surface area contributed by atoms with Gasteiger partial charge >= 0.3 is 0 Å². The van der Waals surface area contributed by atoms with E-state index in [-0.39, 0.29) is 31.8 Å². The molecule has 7 nitrogen and oxygen atoms in total. The van der Waals surface area contributed by atoms with E-state index in [0.717, 1.165) is 22.5 Å². The van der Waals surface area contributed by atoms with Crippen molar-refractivity contribution in [3.8, 4) is 0 Å². The molecule has 0 spiro atoms. The topological polar surface area (TPSA) is 95.6 Å². The molecule has 7 heteroatoms. The molecule has 1 aliphatic rings. The van der Waals surface area contributed by atoms with Crippen LogP contribution in [0.3, 0.4) is 0 Å². The molecule has 148 valence electrons. The fourth-order valence-corrected chi connectivity index (χ4v) is 3.06. The standard InChI is InChI=1S/C22H21N3O4/c26-14-13-23-21(28)15-24-20(27)11-12-22(29)25-18-7-3-1-5-16(18)9-10-17-6-2-4-8-19(17)25/h1-10,14H,11-13,15H2,(H,23,28)(H,24,27). The van der Waals surface area contributed by atoms with Crippen molar-refractivity contribution in [3.05, 3.63) is 59.7 Å². The molecule has 2 N–H and O–H groups in total. The maximum absolute atomic E-state index is 13.1. The Morgan fingerprint density at radius 1 is 0.793 bits per heavy atom. The number of rotatable bonds is 7. The lowest BCUT2D eigenvalue weighted by atomic mass is 10.1. The van der Waals surface area contributed by atoms with Crippen molar-refractivity contribution in [2.45, 2.75) is 12.8 Å². The van der Waals surface area contributed by atoms with Crippen LogP contribution in [-0.2, 0) is 19.2 Å². The number of benzene rings is 2. The van der Waals surface area contributed by atoms with Crippen LogP contribution >= 0.6 is 0 Å². The molecule has 0 bridgehead atoms. The summed E-state index contributed by atoms with van der Waals surface area (Å²) >= 11 is 0. The molecule has 0 atom stereocenters. The third kappa shape index (κ3) is 4.95. The lowest BCUT2D eigenvalue weighted by molar-refractivity contribution is -0.127. The SMILES string of the molecule is O=CCNC(=O)CNC(=O)CCC(=O)N1c2ccccc2C=Cc2ccccc21. The van der Waals surface area contributed by atoms with Crippen molar-refractivity contribution in [1.29, 1.82) is 0 Å². The summed E-state index contributed by atoms with van der Waals surface area (Å²) in [7, 11) is 0. The lowest BCUT2D eigenvalue weighted by Gasteiger charge is -2.25. The van der Waals surface area contributed by atoms with Crippen molar-refractivity contribution in [2.75, 3.05) is 18.0 Å². The Hall–Kier alpha value is -3.74. The van der Waals surface area contributed by atoms with E-state index in [1.807, 2.05) is 60.7 Å². The Morgan fingerprint density at radius 2 is 1.38 bits per heavy atom. The number of fused-ring (bicyclic) bond motifs is 2. The van der Waals surface area contributed by atoms with Crippen LogP contribution < -0.4 is 15.5 Å². The van der Waals surface area contributed by atoms with Crippen molar-refractivity contribution < 1.29 is 19.2 Å². The average molecular weight is 391 g/mol. The Balaban J connectivity index is 1.69. The minimum atomic E-state index is -0.460. The quantitative estimate of drug-likeness (QED) is 0.706. The van der Waals surface area contributed by atoms with E-state index in [1.165, 1.54) is 0 Å². The number of nitrogens with zero attached hydrogens (tertiary/aromatic N) is 1. The molecule has 0 fully saturated rings. The second kappa shape index (κ2) is 9.45. The van der Waals surface area contributed by atoms with E-state index in [9.17, 15) is 19.2 Å². The van der Waals surface area contributed by atoms with E-state index in [2.05, 4.69) is 10.6 Å². The Labute approximate surface area is 168 Å². The summed E-state index contributed by atoms with van der Waals surface area (Å²) in [6, 6.07) is 15.2. The number of carbonyl (C=O) groups is 4. The highest BCUT2D eigenvalue weighted by molar-refractivity contribution is 6.07. The van der Waals surface area contributed by atoms with Gasteiger partial charge in [-0.2, -0.15) is 0 Å². The van der Waals surface area contributed by atoms with Crippen LogP contribution in [0.25, 0.3) is 12.2 Å². The van der Waals surface area contributed by atoms with E-state index in [1.54, 1.807) is 4.90 Å². The molecule has 1 aliphatic heterocycles. The van der Waals surface area contributed by atoms with Crippen molar-refractivity contribution in [3.63, 3.8) is 0 Å². The van der Waals surface area contributed by atoms with Crippen molar-refractivity contribution in [2.24, 2.45) is 0 Å². The molecule has 1 heterocycles. The van der Waals surface area contributed by atoms with E-state index < -0.39 is 11.8 Å². The third-order valence-electron chi connectivity index (χ3n) is 4.44. The summed E-state index contributed by atoms with van der Waals surface area (Å²) in [5.41, 5.74) is 3.33.